The van der Waals surface area contributed by atoms with E-state index in [0.29, 0.717) is 19.4 Å². The Morgan fingerprint density at radius 2 is 1.82 bits per heavy atom. The molecule has 1 fully saturated rings. The lowest BCUT2D eigenvalue weighted by Crippen LogP contribution is -2.30. The minimum atomic E-state index is -4.83. The number of nitrogens with zero attached hydrogens (tertiary/aromatic N) is 2. The minimum absolute atomic E-state index is 0.0740. The quantitative estimate of drug-likeness (QED) is 0.603. The fourth-order valence-corrected chi connectivity index (χ4v) is 6.10. The van der Waals surface area contributed by atoms with Crippen molar-refractivity contribution in [2.24, 2.45) is 0 Å². The number of benzene rings is 2. The number of alkyl halides is 3. The van der Waals surface area contributed by atoms with Gasteiger partial charge in [0.05, 0.1) is 21.2 Å². The van der Waals surface area contributed by atoms with Crippen LogP contribution in [0.1, 0.15) is 23.9 Å². The van der Waals surface area contributed by atoms with Gasteiger partial charge in [0.15, 0.2) is 0 Å². The summed E-state index contributed by atoms with van der Waals surface area (Å²) in [7, 11) is -3.87. The first-order chi connectivity index (χ1) is 13.2. The molecule has 0 saturated carbocycles. The molecule has 0 radical (unpaired) electrons. The number of fused-ring (bicyclic) bond motifs is 1. The molecular weight excluding hydrogens is 413 g/mol. The summed E-state index contributed by atoms with van der Waals surface area (Å²) in [6.07, 6.45) is -3.49. The maximum absolute atomic E-state index is 13.1. The van der Waals surface area contributed by atoms with Crippen LogP contribution in [0.3, 0.4) is 0 Å². The Labute approximate surface area is 163 Å². The van der Waals surface area contributed by atoms with Gasteiger partial charge in [-0.1, -0.05) is 12.1 Å². The van der Waals surface area contributed by atoms with Crippen LogP contribution in [0.4, 0.5) is 13.2 Å². The van der Waals surface area contributed by atoms with Crippen molar-refractivity contribution in [2.75, 3.05) is 6.54 Å². The van der Waals surface area contributed by atoms with Gasteiger partial charge in [-0.25, -0.2) is 13.4 Å². The van der Waals surface area contributed by atoms with Gasteiger partial charge in [0.1, 0.15) is 10.8 Å². The lowest BCUT2D eigenvalue weighted by Gasteiger charge is -2.22. The third kappa shape index (κ3) is 3.71. The van der Waals surface area contributed by atoms with E-state index in [9.17, 15) is 21.6 Å². The topological polar surface area (TPSA) is 59.5 Å². The predicted octanol–water partition coefficient (Wildman–Crippen LogP) is 4.72. The number of thiazole rings is 1. The number of rotatable bonds is 4. The number of sulfonamides is 1. The molecule has 1 atom stereocenters. The summed E-state index contributed by atoms with van der Waals surface area (Å²) in [5.41, 5.74) is 0.820. The predicted molar refractivity (Wildman–Crippen MR) is 98.6 cm³/mol. The molecule has 0 bridgehead atoms. The van der Waals surface area contributed by atoms with Crippen LogP contribution < -0.4 is 4.74 Å². The molecule has 1 saturated heterocycles. The van der Waals surface area contributed by atoms with Crippen LogP contribution in [0, 0.1) is 0 Å². The molecule has 0 N–H and O–H groups in total. The number of ether oxygens (including phenoxy) is 1. The minimum Gasteiger partial charge on any atom is -0.406 e. The molecular formula is C18H15F3N2O3S2. The molecule has 3 aromatic rings. The molecule has 4 rings (SSSR count). The number of hydrogen-bond donors (Lipinski definition) is 0. The molecule has 2 aromatic carbocycles. The fraction of sp³-hybridized carbons (Fsp3) is 0.278. The molecule has 0 unspecified atom stereocenters. The zero-order valence-electron chi connectivity index (χ0n) is 14.4. The van der Waals surface area contributed by atoms with Gasteiger partial charge in [-0.05, 0) is 49.2 Å². The van der Waals surface area contributed by atoms with Gasteiger partial charge in [0.25, 0.3) is 0 Å². The fourth-order valence-electron chi connectivity index (χ4n) is 3.26. The van der Waals surface area contributed by atoms with Gasteiger partial charge < -0.3 is 4.74 Å². The van der Waals surface area contributed by atoms with Crippen molar-refractivity contribution in [3.63, 3.8) is 0 Å². The third-order valence-corrected chi connectivity index (χ3v) is 7.52. The highest BCUT2D eigenvalue weighted by atomic mass is 32.2. The van der Waals surface area contributed by atoms with Gasteiger partial charge in [0, 0.05) is 6.54 Å². The van der Waals surface area contributed by atoms with Crippen molar-refractivity contribution >= 4 is 31.6 Å². The zero-order valence-corrected chi connectivity index (χ0v) is 16.0. The van der Waals surface area contributed by atoms with Crippen LogP contribution >= 0.6 is 11.3 Å². The Morgan fingerprint density at radius 3 is 2.50 bits per heavy atom. The molecule has 28 heavy (non-hydrogen) atoms. The molecule has 10 heteroatoms. The molecule has 0 spiro atoms. The van der Waals surface area contributed by atoms with E-state index in [1.54, 1.807) is 0 Å². The molecule has 2 heterocycles. The Kier molecular flexibility index (Phi) is 4.80. The molecule has 1 aliphatic rings. The van der Waals surface area contributed by atoms with Gasteiger partial charge in [-0.3, -0.25) is 0 Å². The normalized spacial score (nSPS) is 18.6. The standard InChI is InChI=1S/C18H15F3N2O3S2/c19-18(20,21)26-12-7-9-13(10-8-12)28(24,25)23-11-3-5-15(23)17-22-14-4-1-2-6-16(14)27-17/h1-2,4,6-10,15H,3,5,11H2/t15-/m0/s1. The molecule has 148 valence electrons. The maximum atomic E-state index is 13.1. The van der Waals surface area contributed by atoms with Crippen LogP contribution in [0.2, 0.25) is 0 Å². The average Bonchev–Trinajstić information content (AvgIpc) is 3.27. The monoisotopic (exact) mass is 428 g/mol. The molecule has 5 nitrogen and oxygen atoms in total. The molecule has 0 amide bonds. The van der Waals surface area contributed by atoms with Gasteiger partial charge in [0.2, 0.25) is 10.0 Å². The van der Waals surface area contributed by atoms with Crippen LogP contribution in [-0.4, -0.2) is 30.6 Å². The first-order valence-corrected chi connectivity index (χ1v) is 10.7. The second-order valence-corrected chi connectivity index (χ2v) is 9.27. The first-order valence-electron chi connectivity index (χ1n) is 8.47. The molecule has 1 aliphatic heterocycles. The highest BCUT2D eigenvalue weighted by Crippen LogP contribution is 2.39. The summed E-state index contributed by atoms with van der Waals surface area (Å²) < 4.78 is 69.2. The van der Waals surface area contributed by atoms with Crippen molar-refractivity contribution in [3.05, 3.63) is 53.5 Å². The summed E-state index contributed by atoms with van der Waals surface area (Å²) in [6.45, 7) is 0.337. The maximum Gasteiger partial charge on any atom is 0.573 e. The van der Waals surface area contributed by atoms with Crippen molar-refractivity contribution in [2.45, 2.75) is 30.1 Å². The van der Waals surface area contributed by atoms with Crippen molar-refractivity contribution in [1.29, 1.82) is 0 Å². The van der Waals surface area contributed by atoms with E-state index in [0.717, 1.165) is 39.5 Å². The summed E-state index contributed by atoms with van der Waals surface area (Å²) in [6, 6.07) is 11.5. The van der Waals surface area contributed by atoms with Crippen LogP contribution in [0.5, 0.6) is 5.75 Å². The molecule has 0 aliphatic carbocycles. The highest BCUT2D eigenvalue weighted by Gasteiger charge is 2.38. The highest BCUT2D eigenvalue weighted by molar-refractivity contribution is 7.89. The van der Waals surface area contributed by atoms with Crippen LogP contribution in [-0.2, 0) is 10.0 Å². The Balaban J connectivity index is 1.62. The van der Waals surface area contributed by atoms with E-state index in [1.807, 2.05) is 24.3 Å². The second-order valence-electron chi connectivity index (χ2n) is 6.31. The van der Waals surface area contributed by atoms with Crippen molar-refractivity contribution < 1.29 is 26.3 Å². The van der Waals surface area contributed by atoms with E-state index in [1.165, 1.54) is 15.6 Å². The Hall–Kier alpha value is -2.17. The third-order valence-electron chi connectivity index (χ3n) is 4.46. The van der Waals surface area contributed by atoms with Crippen molar-refractivity contribution in [1.82, 2.24) is 9.29 Å². The lowest BCUT2D eigenvalue weighted by atomic mass is 10.2. The number of para-hydroxylation sites is 1. The van der Waals surface area contributed by atoms with Gasteiger partial charge >= 0.3 is 6.36 Å². The van der Waals surface area contributed by atoms with E-state index < -0.39 is 22.1 Å². The van der Waals surface area contributed by atoms with Crippen molar-refractivity contribution in [3.8, 4) is 5.75 Å². The number of hydrogen-bond acceptors (Lipinski definition) is 5. The van der Waals surface area contributed by atoms with E-state index in [4.69, 9.17) is 0 Å². The smallest absolute Gasteiger partial charge is 0.406 e. The summed E-state index contributed by atoms with van der Waals surface area (Å²) in [5.74, 6) is -0.462. The summed E-state index contributed by atoms with van der Waals surface area (Å²) >= 11 is 1.46. The number of aromatic nitrogens is 1. The summed E-state index contributed by atoms with van der Waals surface area (Å²) in [4.78, 5) is 4.50. The first kappa shape index (κ1) is 19.2. The SMILES string of the molecule is O=S(=O)(c1ccc(OC(F)(F)F)cc1)N1CCC[C@H]1c1nc2ccccc2s1. The van der Waals surface area contributed by atoms with Crippen LogP contribution in [0.25, 0.3) is 10.2 Å². The lowest BCUT2D eigenvalue weighted by molar-refractivity contribution is -0.274. The van der Waals surface area contributed by atoms with E-state index in [2.05, 4.69) is 9.72 Å². The zero-order chi connectivity index (χ0) is 19.9. The van der Waals surface area contributed by atoms with Crippen LogP contribution in [0.15, 0.2) is 53.4 Å². The second kappa shape index (κ2) is 7.02. The average molecular weight is 428 g/mol. The van der Waals surface area contributed by atoms with E-state index in [-0.39, 0.29) is 10.9 Å². The van der Waals surface area contributed by atoms with Gasteiger partial charge in [-0.2, -0.15) is 4.31 Å². The summed E-state index contributed by atoms with van der Waals surface area (Å²) in [5, 5.41) is 0.722. The largest absolute Gasteiger partial charge is 0.573 e. The molecule has 1 aromatic heterocycles. The van der Waals surface area contributed by atoms with E-state index >= 15 is 0 Å². The Bertz CT molecular complexity index is 1060. The van der Waals surface area contributed by atoms with Gasteiger partial charge in [-0.15, -0.1) is 24.5 Å². The Morgan fingerprint density at radius 1 is 1.11 bits per heavy atom. The number of halogens is 3.